The number of likely N-dealkylation sites (tertiary alicyclic amines) is 1. The highest BCUT2D eigenvalue weighted by atomic mass is 32.2. The maximum Gasteiger partial charge on any atom is 0.274 e. The van der Waals surface area contributed by atoms with E-state index in [1.165, 1.54) is 23.7 Å². The van der Waals surface area contributed by atoms with Gasteiger partial charge in [0.25, 0.3) is 5.91 Å². The molecule has 28 heavy (non-hydrogen) atoms. The van der Waals surface area contributed by atoms with E-state index in [-0.39, 0.29) is 29.2 Å². The lowest BCUT2D eigenvalue weighted by Gasteiger charge is -2.33. The molecule has 9 heteroatoms. The summed E-state index contributed by atoms with van der Waals surface area (Å²) in [6, 6.07) is 7.76. The van der Waals surface area contributed by atoms with E-state index in [1.807, 2.05) is 0 Å². The van der Waals surface area contributed by atoms with Gasteiger partial charge in [0.15, 0.2) is 14.6 Å². The molecule has 0 aliphatic carbocycles. The minimum Gasteiger partial charge on any atom is -0.337 e. The van der Waals surface area contributed by atoms with E-state index in [2.05, 4.69) is 4.98 Å². The molecular formula is C19H19N3O5S. The van der Waals surface area contributed by atoms with Gasteiger partial charge in [0.1, 0.15) is 0 Å². The van der Waals surface area contributed by atoms with E-state index in [0.29, 0.717) is 25.1 Å². The number of amides is 2. The predicted octanol–water partition coefficient (Wildman–Crippen LogP) is 1.09. The largest absolute Gasteiger partial charge is 0.337 e. The topological polar surface area (TPSA) is 117 Å². The molecule has 0 bridgehead atoms. The van der Waals surface area contributed by atoms with Crippen molar-refractivity contribution in [3.63, 3.8) is 0 Å². The lowest BCUT2D eigenvalue weighted by atomic mass is 9.95. The third kappa shape index (κ3) is 2.70. The van der Waals surface area contributed by atoms with Gasteiger partial charge in [0.05, 0.1) is 4.90 Å². The number of pyridine rings is 1. The molecule has 2 amide bonds. The van der Waals surface area contributed by atoms with Crippen molar-refractivity contribution >= 4 is 21.7 Å². The van der Waals surface area contributed by atoms with E-state index in [4.69, 9.17) is 5.21 Å². The van der Waals surface area contributed by atoms with Crippen molar-refractivity contribution in [2.45, 2.75) is 35.4 Å². The zero-order valence-electron chi connectivity index (χ0n) is 15.0. The molecule has 1 fully saturated rings. The second-order valence-corrected chi connectivity index (χ2v) is 9.32. The molecule has 8 nitrogen and oxygen atoms in total. The smallest absolute Gasteiger partial charge is 0.274 e. The number of benzene rings is 1. The number of nitrogens with zero attached hydrogens (tertiary/aromatic N) is 2. The van der Waals surface area contributed by atoms with Crippen LogP contribution in [0.3, 0.4) is 0 Å². The molecule has 0 radical (unpaired) electrons. The zero-order valence-corrected chi connectivity index (χ0v) is 15.8. The number of carbonyl (C=O) groups excluding carboxylic acids is 2. The Kier molecular flexibility index (Phi) is 4.43. The van der Waals surface area contributed by atoms with Crippen LogP contribution in [0.4, 0.5) is 0 Å². The summed E-state index contributed by atoms with van der Waals surface area (Å²) in [5.74, 6) is -1.08. The minimum absolute atomic E-state index is 0.0901. The first-order chi connectivity index (χ1) is 13.4. The number of fused-ring (bicyclic) bond motifs is 1. The van der Waals surface area contributed by atoms with Crippen molar-refractivity contribution in [2.24, 2.45) is 0 Å². The fourth-order valence-electron chi connectivity index (χ4n) is 4.08. The molecule has 1 aromatic heterocycles. The normalized spacial score (nSPS) is 22.9. The van der Waals surface area contributed by atoms with E-state index in [1.54, 1.807) is 29.4 Å². The fourth-order valence-corrected chi connectivity index (χ4v) is 6.34. The van der Waals surface area contributed by atoms with Crippen LogP contribution in [-0.4, -0.2) is 46.6 Å². The lowest BCUT2D eigenvalue weighted by molar-refractivity contribution is -0.130. The third-order valence-corrected chi connectivity index (χ3v) is 8.20. The molecule has 1 saturated heterocycles. The Labute approximate surface area is 162 Å². The molecule has 1 atom stereocenters. The van der Waals surface area contributed by atoms with Gasteiger partial charge in [-0.1, -0.05) is 0 Å². The highest BCUT2D eigenvalue weighted by Gasteiger charge is 2.58. The Hall–Kier alpha value is -2.78. The van der Waals surface area contributed by atoms with Crippen LogP contribution in [-0.2, 0) is 27.6 Å². The molecule has 3 heterocycles. The van der Waals surface area contributed by atoms with Crippen molar-refractivity contribution < 1.29 is 23.2 Å². The Morgan fingerprint density at radius 3 is 2.68 bits per heavy atom. The van der Waals surface area contributed by atoms with Crippen LogP contribution < -0.4 is 5.48 Å². The summed E-state index contributed by atoms with van der Waals surface area (Å²) in [4.78, 5) is 30.4. The molecule has 2 N–H and O–H groups in total. The standard InChI is InChI=1S/C19H19N3O5S/c23-17(21-25)15-1-2-16-14(11-15)3-6-19(28(16,26)27)7-10-22(18(19)24)12-13-4-8-20-9-5-13/h1-2,4-5,8-9,11,25H,3,6-7,10,12H2,(H,21,23). The summed E-state index contributed by atoms with van der Waals surface area (Å²) >= 11 is 0. The first-order valence-electron chi connectivity index (χ1n) is 8.89. The highest BCUT2D eigenvalue weighted by molar-refractivity contribution is 7.93. The van der Waals surface area contributed by atoms with Crippen molar-refractivity contribution in [1.82, 2.24) is 15.4 Å². The van der Waals surface area contributed by atoms with Crippen LogP contribution in [0.25, 0.3) is 0 Å². The van der Waals surface area contributed by atoms with Crippen LogP contribution in [0, 0.1) is 0 Å². The third-order valence-electron chi connectivity index (χ3n) is 5.61. The Morgan fingerprint density at radius 2 is 1.96 bits per heavy atom. The number of nitrogens with one attached hydrogen (secondary N) is 1. The number of aryl methyl sites for hydroxylation is 1. The number of aromatic nitrogens is 1. The molecular weight excluding hydrogens is 382 g/mol. The average molecular weight is 401 g/mol. The van der Waals surface area contributed by atoms with Gasteiger partial charge in [-0.15, -0.1) is 0 Å². The molecule has 4 rings (SSSR count). The van der Waals surface area contributed by atoms with Gasteiger partial charge in [0, 0.05) is 31.0 Å². The second kappa shape index (κ2) is 6.68. The quantitative estimate of drug-likeness (QED) is 0.587. The number of hydrogen-bond donors (Lipinski definition) is 2. The number of hydroxylamine groups is 1. The molecule has 1 aromatic carbocycles. The van der Waals surface area contributed by atoms with E-state index in [0.717, 1.165) is 5.56 Å². The Balaban J connectivity index is 1.67. The Bertz CT molecular complexity index is 1050. The summed E-state index contributed by atoms with van der Waals surface area (Å²) in [5.41, 5.74) is 3.10. The highest BCUT2D eigenvalue weighted by Crippen LogP contribution is 2.44. The van der Waals surface area contributed by atoms with Gasteiger partial charge in [-0.25, -0.2) is 13.9 Å². The van der Waals surface area contributed by atoms with Gasteiger partial charge in [-0.3, -0.25) is 19.8 Å². The molecule has 2 aromatic rings. The van der Waals surface area contributed by atoms with Gasteiger partial charge in [-0.05, 0) is 60.7 Å². The number of sulfone groups is 1. The first-order valence-corrected chi connectivity index (χ1v) is 10.4. The predicted molar refractivity (Wildman–Crippen MR) is 98.2 cm³/mol. The number of hydrogen-bond acceptors (Lipinski definition) is 6. The van der Waals surface area contributed by atoms with Gasteiger partial charge in [-0.2, -0.15) is 0 Å². The van der Waals surface area contributed by atoms with Gasteiger partial charge >= 0.3 is 0 Å². The fraction of sp³-hybridized carbons (Fsp3) is 0.316. The van der Waals surface area contributed by atoms with E-state index in [9.17, 15) is 18.0 Å². The van der Waals surface area contributed by atoms with Crippen LogP contribution in [0.2, 0.25) is 0 Å². The molecule has 1 unspecified atom stereocenters. The number of carbonyl (C=O) groups is 2. The summed E-state index contributed by atoms with van der Waals surface area (Å²) in [6.07, 6.45) is 4.07. The summed E-state index contributed by atoms with van der Waals surface area (Å²) in [5, 5.41) is 8.78. The van der Waals surface area contributed by atoms with Crippen LogP contribution in [0.1, 0.15) is 34.3 Å². The Morgan fingerprint density at radius 1 is 1.21 bits per heavy atom. The maximum atomic E-state index is 13.4. The average Bonchev–Trinajstić information content (AvgIpc) is 3.02. The summed E-state index contributed by atoms with van der Waals surface area (Å²) in [7, 11) is -3.90. The summed E-state index contributed by atoms with van der Waals surface area (Å²) in [6.45, 7) is 0.724. The molecule has 2 aliphatic rings. The van der Waals surface area contributed by atoms with Gasteiger partial charge in [0.2, 0.25) is 5.91 Å². The van der Waals surface area contributed by atoms with E-state index >= 15 is 0 Å². The van der Waals surface area contributed by atoms with Crippen molar-refractivity contribution in [1.29, 1.82) is 0 Å². The SMILES string of the molecule is O=C(NO)c1ccc2c(c1)CCC1(CCN(Cc3ccncc3)C1=O)S2(=O)=O. The van der Waals surface area contributed by atoms with E-state index < -0.39 is 20.5 Å². The second-order valence-electron chi connectivity index (χ2n) is 7.09. The maximum absolute atomic E-state index is 13.4. The van der Waals surface area contributed by atoms with Crippen molar-refractivity contribution in [3.8, 4) is 0 Å². The molecule has 0 saturated carbocycles. The lowest BCUT2D eigenvalue weighted by Crippen LogP contribution is -2.49. The van der Waals surface area contributed by atoms with Crippen LogP contribution in [0.5, 0.6) is 0 Å². The van der Waals surface area contributed by atoms with Crippen molar-refractivity contribution in [2.75, 3.05) is 6.54 Å². The molecule has 2 aliphatic heterocycles. The van der Waals surface area contributed by atoms with Crippen LogP contribution >= 0.6 is 0 Å². The molecule has 1 spiro atoms. The van der Waals surface area contributed by atoms with Crippen molar-refractivity contribution in [3.05, 3.63) is 59.4 Å². The monoisotopic (exact) mass is 401 g/mol. The first kappa shape index (κ1) is 18.6. The number of rotatable bonds is 3. The zero-order chi connectivity index (χ0) is 19.9. The van der Waals surface area contributed by atoms with Crippen LogP contribution in [0.15, 0.2) is 47.6 Å². The molecule has 146 valence electrons. The minimum atomic E-state index is -3.90. The van der Waals surface area contributed by atoms with Gasteiger partial charge < -0.3 is 4.90 Å². The summed E-state index contributed by atoms with van der Waals surface area (Å²) < 4.78 is 25.3.